The summed E-state index contributed by atoms with van der Waals surface area (Å²) in [6.45, 7) is 8.24. The van der Waals surface area contributed by atoms with Crippen LogP contribution in [0.5, 0.6) is 11.5 Å². The smallest absolute Gasteiger partial charge is 0.191 e. The van der Waals surface area contributed by atoms with Crippen LogP contribution in [-0.4, -0.2) is 51.3 Å². The number of benzene rings is 1. The zero-order chi connectivity index (χ0) is 17.6. The molecule has 5 nitrogen and oxygen atoms in total. The maximum Gasteiger partial charge on any atom is 0.191 e. The van der Waals surface area contributed by atoms with Crippen LogP contribution >= 0.6 is 11.8 Å². The summed E-state index contributed by atoms with van der Waals surface area (Å²) in [6, 6.07) is 6.00. The fraction of sp³-hybridized carbons (Fsp3) is 0.500. The molecule has 0 fully saturated rings. The molecule has 0 aliphatic rings. The van der Waals surface area contributed by atoms with Gasteiger partial charge >= 0.3 is 0 Å². The van der Waals surface area contributed by atoms with Gasteiger partial charge in [0.05, 0.1) is 20.8 Å². The molecule has 0 radical (unpaired) electrons. The quantitative estimate of drug-likeness (QED) is 0.278. The largest absolute Gasteiger partial charge is 0.493 e. The third-order valence-corrected chi connectivity index (χ3v) is 4.18. The van der Waals surface area contributed by atoms with Crippen molar-refractivity contribution in [3.63, 3.8) is 0 Å². The second-order valence-electron chi connectivity index (χ2n) is 4.99. The van der Waals surface area contributed by atoms with E-state index in [0.717, 1.165) is 55.0 Å². The first-order valence-electron chi connectivity index (χ1n) is 8.16. The molecule has 24 heavy (non-hydrogen) atoms. The lowest BCUT2D eigenvalue weighted by atomic mass is 10.1. The van der Waals surface area contributed by atoms with Crippen LogP contribution in [0.15, 0.2) is 35.8 Å². The Labute approximate surface area is 149 Å². The standard InChI is InChI=1S/C18H29N3O2S/c1-5-12-24-13-11-21-18(19-6-2)20-10-9-15-7-8-16(22-3)17(14-15)23-4/h5,7-8,14H,1,6,9-13H2,2-4H3,(H2,19,20,21). The second-order valence-corrected chi connectivity index (χ2v) is 6.14. The Morgan fingerprint density at radius 2 is 2.04 bits per heavy atom. The second kappa shape index (κ2) is 12.6. The monoisotopic (exact) mass is 351 g/mol. The first-order chi connectivity index (χ1) is 11.7. The van der Waals surface area contributed by atoms with E-state index in [-0.39, 0.29) is 0 Å². The molecule has 0 aliphatic carbocycles. The molecule has 0 saturated carbocycles. The van der Waals surface area contributed by atoms with Crippen LogP contribution in [0.4, 0.5) is 0 Å². The fourth-order valence-electron chi connectivity index (χ4n) is 2.09. The van der Waals surface area contributed by atoms with Crippen LogP contribution in [0.3, 0.4) is 0 Å². The predicted molar refractivity (Wildman–Crippen MR) is 105 cm³/mol. The summed E-state index contributed by atoms with van der Waals surface area (Å²) >= 11 is 1.84. The normalized spacial score (nSPS) is 11.0. The first-order valence-corrected chi connectivity index (χ1v) is 9.32. The highest BCUT2D eigenvalue weighted by atomic mass is 32.2. The summed E-state index contributed by atoms with van der Waals surface area (Å²) in [5, 5.41) is 6.63. The number of guanidine groups is 1. The fourth-order valence-corrected chi connectivity index (χ4v) is 2.65. The lowest BCUT2D eigenvalue weighted by Crippen LogP contribution is -2.38. The average Bonchev–Trinajstić information content (AvgIpc) is 2.61. The van der Waals surface area contributed by atoms with Crippen molar-refractivity contribution in [2.24, 2.45) is 4.99 Å². The molecule has 1 rings (SSSR count). The molecule has 0 atom stereocenters. The van der Waals surface area contributed by atoms with Crippen LogP contribution in [0, 0.1) is 0 Å². The van der Waals surface area contributed by atoms with E-state index >= 15 is 0 Å². The van der Waals surface area contributed by atoms with Crippen LogP contribution in [0.1, 0.15) is 12.5 Å². The van der Waals surface area contributed by atoms with E-state index in [1.807, 2.05) is 30.0 Å². The van der Waals surface area contributed by atoms with Crippen LogP contribution in [0.2, 0.25) is 0 Å². The van der Waals surface area contributed by atoms with Crippen molar-refractivity contribution >= 4 is 17.7 Å². The maximum atomic E-state index is 5.34. The van der Waals surface area contributed by atoms with Crippen LogP contribution < -0.4 is 20.1 Å². The molecule has 0 spiro atoms. The van der Waals surface area contributed by atoms with Crippen molar-refractivity contribution in [2.45, 2.75) is 13.3 Å². The van der Waals surface area contributed by atoms with Gasteiger partial charge in [-0.2, -0.15) is 11.8 Å². The van der Waals surface area contributed by atoms with Crippen molar-refractivity contribution in [3.05, 3.63) is 36.4 Å². The van der Waals surface area contributed by atoms with E-state index in [9.17, 15) is 0 Å². The van der Waals surface area contributed by atoms with E-state index in [1.54, 1.807) is 14.2 Å². The molecule has 0 saturated heterocycles. The third-order valence-electron chi connectivity index (χ3n) is 3.24. The van der Waals surface area contributed by atoms with E-state index < -0.39 is 0 Å². The number of aliphatic imine (C=N–C) groups is 1. The summed E-state index contributed by atoms with van der Waals surface area (Å²) in [6.07, 6.45) is 2.80. The molecule has 0 unspecified atom stereocenters. The van der Waals surface area contributed by atoms with Gasteiger partial charge in [0, 0.05) is 24.6 Å². The number of hydrogen-bond acceptors (Lipinski definition) is 4. The molecule has 0 aromatic heterocycles. The topological polar surface area (TPSA) is 54.9 Å². The number of nitrogens with one attached hydrogen (secondary N) is 2. The van der Waals surface area contributed by atoms with Gasteiger partial charge in [-0.05, 0) is 31.0 Å². The number of rotatable bonds is 11. The van der Waals surface area contributed by atoms with Gasteiger partial charge in [-0.25, -0.2) is 0 Å². The van der Waals surface area contributed by atoms with Crippen molar-refractivity contribution in [1.29, 1.82) is 0 Å². The molecular formula is C18H29N3O2S. The highest BCUT2D eigenvalue weighted by Crippen LogP contribution is 2.27. The number of ether oxygens (including phenoxy) is 2. The molecule has 1 aromatic rings. The van der Waals surface area contributed by atoms with E-state index in [2.05, 4.69) is 35.2 Å². The summed E-state index contributed by atoms with van der Waals surface area (Å²) in [5.74, 6) is 4.34. The number of hydrogen-bond donors (Lipinski definition) is 2. The third kappa shape index (κ3) is 7.64. The van der Waals surface area contributed by atoms with Gasteiger partial charge in [-0.1, -0.05) is 12.1 Å². The molecule has 0 heterocycles. The van der Waals surface area contributed by atoms with Crippen LogP contribution in [-0.2, 0) is 6.42 Å². The summed E-state index contributed by atoms with van der Waals surface area (Å²) in [7, 11) is 3.30. The van der Waals surface area contributed by atoms with Crippen molar-refractivity contribution in [3.8, 4) is 11.5 Å². The lowest BCUT2D eigenvalue weighted by Gasteiger charge is -2.12. The van der Waals surface area contributed by atoms with Gasteiger partial charge in [0.1, 0.15) is 0 Å². The number of methoxy groups -OCH3 is 2. The Hall–Kier alpha value is -1.82. The van der Waals surface area contributed by atoms with Crippen LogP contribution in [0.25, 0.3) is 0 Å². The molecule has 0 aliphatic heterocycles. The minimum Gasteiger partial charge on any atom is -0.493 e. The molecule has 0 amide bonds. The zero-order valence-corrected chi connectivity index (χ0v) is 15.7. The zero-order valence-electron chi connectivity index (χ0n) is 14.9. The van der Waals surface area contributed by atoms with Crippen molar-refractivity contribution in [2.75, 3.05) is 45.4 Å². The molecule has 0 bridgehead atoms. The lowest BCUT2D eigenvalue weighted by molar-refractivity contribution is 0.354. The first kappa shape index (κ1) is 20.2. The number of nitrogens with zero attached hydrogens (tertiary/aromatic N) is 1. The van der Waals surface area contributed by atoms with E-state index in [0.29, 0.717) is 0 Å². The summed E-state index contributed by atoms with van der Waals surface area (Å²) in [5.41, 5.74) is 1.19. The Morgan fingerprint density at radius 3 is 2.71 bits per heavy atom. The Balaban J connectivity index is 2.46. The van der Waals surface area contributed by atoms with Gasteiger partial charge in [-0.15, -0.1) is 6.58 Å². The van der Waals surface area contributed by atoms with E-state index in [4.69, 9.17) is 9.47 Å². The SMILES string of the molecule is C=CCSCCN=C(NCC)NCCc1ccc(OC)c(OC)c1. The molecule has 134 valence electrons. The summed E-state index contributed by atoms with van der Waals surface area (Å²) < 4.78 is 10.6. The highest BCUT2D eigenvalue weighted by Gasteiger charge is 2.04. The average molecular weight is 352 g/mol. The Morgan fingerprint density at radius 1 is 1.25 bits per heavy atom. The van der Waals surface area contributed by atoms with Gasteiger partial charge in [-0.3, -0.25) is 4.99 Å². The van der Waals surface area contributed by atoms with E-state index in [1.165, 1.54) is 5.56 Å². The Bertz CT molecular complexity index is 521. The molecular weight excluding hydrogens is 322 g/mol. The maximum absolute atomic E-state index is 5.34. The van der Waals surface area contributed by atoms with Gasteiger partial charge < -0.3 is 20.1 Å². The van der Waals surface area contributed by atoms with Crippen molar-refractivity contribution < 1.29 is 9.47 Å². The van der Waals surface area contributed by atoms with Gasteiger partial charge in [0.2, 0.25) is 0 Å². The highest BCUT2D eigenvalue weighted by molar-refractivity contribution is 7.99. The molecule has 6 heteroatoms. The molecule has 2 N–H and O–H groups in total. The summed E-state index contributed by atoms with van der Waals surface area (Å²) in [4.78, 5) is 4.57. The van der Waals surface area contributed by atoms with Gasteiger partial charge in [0.25, 0.3) is 0 Å². The minimum atomic E-state index is 0.751. The minimum absolute atomic E-state index is 0.751. The Kier molecular flexibility index (Phi) is 10.6. The predicted octanol–water partition coefficient (Wildman–Crippen LogP) is 2.72. The molecule has 1 aromatic carbocycles. The van der Waals surface area contributed by atoms with Gasteiger partial charge in [0.15, 0.2) is 17.5 Å². The van der Waals surface area contributed by atoms with Crippen molar-refractivity contribution in [1.82, 2.24) is 10.6 Å². The number of thioether (sulfide) groups is 1.